The lowest BCUT2D eigenvalue weighted by molar-refractivity contribution is -0.119. The molecule has 7 nitrogen and oxygen atoms in total. The summed E-state index contributed by atoms with van der Waals surface area (Å²) in [5.74, 6) is 1.01. The maximum absolute atomic E-state index is 11.8. The highest BCUT2D eigenvalue weighted by Crippen LogP contribution is 2.36. The molecule has 0 bridgehead atoms. The third-order valence-electron chi connectivity index (χ3n) is 2.95. The highest BCUT2D eigenvalue weighted by atomic mass is 16.5. The molecule has 0 aliphatic heterocycles. The van der Waals surface area contributed by atoms with E-state index in [1.54, 1.807) is 45.4 Å². The zero-order valence-corrected chi connectivity index (χ0v) is 12.9. The first-order chi connectivity index (χ1) is 10.0. The minimum absolute atomic E-state index is 0.108. The van der Waals surface area contributed by atoms with Gasteiger partial charge in [0.15, 0.2) is 11.5 Å². The van der Waals surface area contributed by atoms with Crippen molar-refractivity contribution >= 4 is 17.3 Å². The maximum Gasteiger partial charge on any atom is 0.239 e. The van der Waals surface area contributed by atoms with Gasteiger partial charge in [-0.25, -0.2) is 0 Å². The standard InChI is InChI=1S/C14H23N3O4/c1-17(9-14(18)16-5-6-19-2)11-8-13(21-4)12(20-3)7-10(11)15/h7-8H,5-6,9,15H2,1-4H3,(H,16,18). The first kappa shape index (κ1) is 16.9. The topological polar surface area (TPSA) is 86.0 Å². The lowest BCUT2D eigenvalue weighted by Crippen LogP contribution is -2.36. The normalized spacial score (nSPS) is 10.1. The average Bonchev–Trinajstić information content (AvgIpc) is 2.46. The van der Waals surface area contributed by atoms with E-state index >= 15 is 0 Å². The summed E-state index contributed by atoms with van der Waals surface area (Å²) in [5.41, 5.74) is 7.21. The van der Waals surface area contributed by atoms with E-state index in [-0.39, 0.29) is 12.5 Å². The molecule has 118 valence electrons. The Kier molecular flexibility index (Phi) is 6.61. The fourth-order valence-corrected chi connectivity index (χ4v) is 1.86. The number of ether oxygens (including phenoxy) is 3. The highest BCUT2D eigenvalue weighted by Gasteiger charge is 2.14. The second kappa shape index (κ2) is 8.21. The number of hydrogen-bond acceptors (Lipinski definition) is 6. The summed E-state index contributed by atoms with van der Waals surface area (Å²) in [5, 5.41) is 2.75. The van der Waals surface area contributed by atoms with Gasteiger partial charge in [-0.2, -0.15) is 0 Å². The number of carbonyl (C=O) groups excluding carboxylic acids is 1. The van der Waals surface area contributed by atoms with Crippen LogP contribution in [0.2, 0.25) is 0 Å². The van der Waals surface area contributed by atoms with Crippen molar-refractivity contribution in [3.63, 3.8) is 0 Å². The summed E-state index contributed by atoms with van der Waals surface area (Å²) in [6.07, 6.45) is 0. The van der Waals surface area contributed by atoms with Crippen molar-refractivity contribution in [2.45, 2.75) is 0 Å². The van der Waals surface area contributed by atoms with Gasteiger partial charge >= 0.3 is 0 Å². The van der Waals surface area contributed by atoms with Crippen LogP contribution in [0.25, 0.3) is 0 Å². The Morgan fingerprint density at radius 3 is 2.43 bits per heavy atom. The third-order valence-corrected chi connectivity index (χ3v) is 2.95. The van der Waals surface area contributed by atoms with E-state index in [1.165, 1.54) is 0 Å². The Morgan fingerprint density at radius 1 is 1.24 bits per heavy atom. The van der Waals surface area contributed by atoms with E-state index < -0.39 is 0 Å². The van der Waals surface area contributed by atoms with Gasteiger partial charge in [-0.1, -0.05) is 0 Å². The smallest absolute Gasteiger partial charge is 0.239 e. The molecule has 0 fully saturated rings. The molecule has 0 atom stereocenters. The Balaban J connectivity index is 2.77. The third kappa shape index (κ3) is 4.71. The Bertz CT molecular complexity index is 480. The van der Waals surface area contributed by atoms with Crippen molar-refractivity contribution < 1.29 is 19.0 Å². The number of anilines is 2. The molecule has 0 aliphatic carbocycles. The molecule has 1 rings (SSSR count). The molecule has 0 saturated carbocycles. The van der Waals surface area contributed by atoms with Crippen molar-refractivity contribution in [2.75, 3.05) is 58.7 Å². The summed E-state index contributed by atoms with van der Waals surface area (Å²) >= 11 is 0. The number of hydrogen-bond donors (Lipinski definition) is 2. The summed E-state index contributed by atoms with van der Waals surface area (Å²) in [6, 6.07) is 3.42. The molecule has 1 aromatic rings. The van der Waals surface area contributed by atoms with Crippen LogP contribution in [-0.4, -0.2) is 54.0 Å². The van der Waals surface area contributed by atoms with Crippen molar-refractivity contribution in [1.29, 1.82) is 0 Å². The van der Waals surface area contributed by atoms with Gasteiger partial charge in [-0.3, -0.25) is 4.79 Å². The quantitative estimate of drug-likeness (QED) is 0.536. The number of carbonyl (C=O) groups is 1. The molecular weight excluding hydrogens is 274 g/mol. The maximum atomic E-state index is 11.8. The Morgan fingerprint density at radius 2 is 1.86 bits per heavy atom. The van der Waals surface area contributed by atoms with E-state index in [0.29, 0.717) is 36.0 Å². The number of rotatable bonds is 8. The number of nitrogens with one attached hydrogen (secondary N) is 1. The van der Waals surface area contributed by atoms with E-state index in [9.17, 15) is 4.79 Å². The first-order valence-corrected chi connectivity index (χ1v) is 6.51. The second-order valence-electron chi connectivity index (χ2n) is 4.46. The van der Waals surface area contributed by atoms with Crippen LogP contribution in [0, 0.1) is 0 Å². The largest absolute Gasteiger partial charge is 0.493 e. The zero-order chi connectivity index (χ0) is 15.8. The molecule has 0 radical (unpaired) electrons. The molecule has 7 heteroatoms. The molecule has 1 aromatic carbocycles. The summed E-state index contributed by atoms with van der Waals surface area (Å²) in [7, 11) is 6.47. The number of likely N-dealkylation sites (N-methyl/N-ethyl adjacent to an activating group) is 1. The second-order valence-corrected chi connectivity index (χ2v) is 4.46. The molecule has 0 saturated heterocycles. The molecule has 0 aliphatic rings. The van der Waals surface area contributed by atoms with Gasteiger partial charge in [0.05, 0.1) is 38.7 Å². The predicted molar refractivity (Wildman–Crippen MR) is 82.1 cm³/mol. The number of nitrogen functional groups attached to an aromatic ring is 1. The lowest BCUT2D eigenvalue weighted by atomic mass is 10.2. The number of methoxy groups -OCH3 is 3. The van der Waals surface area contributed by atoms with Crippen LogP contribution in [0.3, 0.4) is 0 Å². The van der Waals surface area contributed by atoms with Gasteiger partial charge < -0.3 is 30.2 Å². The van der Waals surface area contributed by atoms with Crippen molar-refractivity contribution in [3.8, 4) is 11.5 Å². The zero-order valence-electron chi connectivity index (χ0n) is 12.9. The number of amides is 1. The molecule has 0 unspecified atom stereocenters. The molecule has 1 amide bonds. The molecular formula is C14H23N3O4. The number of nitrogens with zero attached hydrogens (tertiary/aromatic N) is 1. The van der Waals surface area contributed by atoms with Crippen LogP contribution >= 0.6 is 0 Å². The Hall–Kier alpha value is -2.15. The minimum Gasteiger partial charge on any atom is -0.493 e. The Labute approximate surface area is 125 Å². The van der Waals surface area contributed by atoms with Gasteiger partial charge in [0.1, 0.15) is 0 Å². The molecule has 0 aromatic heterocycles. The lowest BCUT2D eigenvalue weighted by Gasteiger charge is -2.22. The van der Waals surface area contributed by atoms with Crippen molar-refractivity contribution in [2.24, 2.45) is 0 Å². The van der Waals surface area contributed by atoms with Gasteiger partial charge in [-0.15, -0.1) is 0 Å². The highest BCUT2D eigenvalue weighted by molar-refractivity contribution is 5.83. The van der Waals surface area contributed by atoms with Crippen LogP contribution < -0.4 is 25.4 Å². The van der Waals surface area contributed by atoms with Crippen molar-refractivity contribution in [3.05, 3.63) is 12.1 Å². The average molecular weight is 297 g/mol. The van der Waals surface area contributed by atoms with Crippen molar-refractivity contribution in [1.82, 2.24) is 5.32 Å². The van der Waals surface area contributed by atoms with Gasteiger partial charge in [0, 0.05) is 32.8 Å². The predicted octanol–water partition coefficient (Wildman–Crippen LogP) is 0.485. The molecule has 21 heavy (non-hydrogen) atoms. The SMILES string of the molecule is COCCNC(=O)CN(C)c1cc(OC)c(OC)cc1N. The number of benzene rings is 1. The number of nitrogens with two attached hydrogens (primary N) is 1. The van der Waals surface area contributed by atoms with Crippen LogP contribution in [0.15, 0.2) is 12.1 Å². The van der Waals surface area contributed by atoms with E-state index in [1.807, 2.05) is 0 Å². The van der Waals surface area contributed by atoms with Crippen LogP contribution in [0.5, 0.6) is 11.5 Å². The van der Waals surface area contributed by atoms with Gasteiger partial charge in [0.25, 0.3) is 0 Å². The van der Waals surface area contributed by atoms with Gasteiger partial charge in [0.2, 0.25) is 5.91 Å². The van der Waals surface area contributed by atoms with Gasteiger partial charge in [-0.05, 0) is 0 Å². The van der Waals surface area contributed by atoms with E-state index in [2.05, 4.69) is 5.32 Å². The summed E-state index contributed by atoms with van der Waals surface area (Å²) in [6.45, 7) is 1.14. The van der Waals surface area contributed by atoms with Crippen LogP contribution in [-0.2, 0) is 9.53 Å². The van der Waals surface area contributed by atoms with Crippen LogP contribution in [0.4, 0.5) is 11.4 Å². The molecule has 0 spiro atoms. The minimum atomic E-state index is -0.108. The summed E-state index contributed by atoms with van der Waals surface area (Å²) in [4.78, 5) is 13.5. The monoisotopic (exact) mass is 297 g/mol. The van der Waals surface area contributed by atoms with Crippen LogP contribution in [0.1, 0.15) is 0 Å². The van der Waals surface area contributed by atoms with E-state index in [0.717, 1.165) is 0 Å². The molecule has 3 N–H and O–H groups in total. The summed E-state index contributed by atoms with van der Waals surface area (Å²) < 4.78 is 15.3. The van der Waals surface area contributed by atoms with E-state index in [4.69, 9.17) is 19.9 Å². The fourth-order valence-electron chi connectivity index (χ4n) is 1.86. The molecule has 0 heterocycles. The fraction of sp³-hybridized carbons (Fsp3) is 0.500. The first-order valence-electron chi connectivity index (χ1n) is 6.51.